The number of ether oxygens (including phenoxy) is 2. The van der Waals surface area contributed by atoms with Gasteiger partial charge in [-0.05, 0) is 6.07 Å². The van der Waals surface area contributed by atoms with Gasteiger partial charge in [-0.15, -0.1) is 20.6 Å². The van der Waals surface area contributed by atoms with E-state index in [1.807, 2.05) is 12.1 Å². The smallest absolute Gasteiger partial charge is 0.173 e. The summed E-state index contributed by atoms with van der Waals surface area (Å²) in [5.74, 6) is 1.31. The SMILES string of the molecule is C=C(O)CCC(=O)c1cc2c(P)c(OC)c(OC)cc2s1. The summed E-state index contributed by atoms with van der Waals surface area (Å²) in [5.41, 5.74) is 0. The predicted molar refractivity (Wildman–Crippen MR) is 89.6 cm³/mol. The lowest BCUT2D eigenvalue weighted by Crippen LogP contribution is -2.02. The number of carbonyl (C=O) groups is 1. The lowest BCUT2D eigenvalue weighted by atomic mass is 10.1. The van der Waals surface area contributed by atoms with E-state index in [0.717, 1.165) is 15.4 Å². The number of hydrogen-bond acceptors (Lipinski definition) is 5. The molecular weight excluding hydrogens is 307 g/mol. The Labute approximate surface area is 129 Å². The number of hydrogen-bond donors (Lipinski definition) is 1. The van der Waals surface area contributed by atoms with Gasteiger partial charge in [-0.1, -0.05) is 6.58 Å². The van der Waals surface area contributed by atoms with Gasteiger partial charge in [-0.2, -0.15) is 0 Å². The molecule has 112 valence electrons. The molecule has 1 N–H and O–H groups in total. The number of thiophene rings is 1. The van der Waals surface area contributed by atoms with Crippen LogP contribution in [0.2, 0.25) is 0 Å². The molecule has 1 atom stereocenters. The third-order valence-corrected chi connectivity index (χ3v) is 4.82. The standard InChI is InChI=1S/C15H17O4PS/c1-8(16)4-5-10(17)13-6-9-12(21-13)7-11(18-2)14(19-3)15(9)20/h6-7,16H,1,4-5,20H2,2-3H3. The predicted octanol–water partition coefficient (Wildman–Crippen LogP) is 3.45. The molecule has 0 aliphatic carbocycles. The second kappa shape index (κ2) is 6.46. The molecule has 1 unspecified atom stereocenters. The summed E-state index contributed by atoms with van der Waals surface area (Å²) in [6.45, 7) is 3.39. The Balaban J connectivity index is 2.44. The zero-order valence-corrected chi connectivity index (χ0v) is 13.9. The summed E-state index contributed by atoms with van der Waals surface area (Å²) in [7, 11) is 5.80. The number of ketones is 1. The first-order valence-corrected chi connectivity index (χ1v) is 7.71. The van der Waals surface area contributed by atoms with E-state index in [2.05, 4.69) is 15.8 Å². The number of rotatable bonds is 6. The lowest BCUT2D eigenvalue weighted by Gasteiger charge is -2.10. The number of methoxy groups -OCH3 is 2. The van der Waals surface area contributed by atoms with Gasteiger partial charge in [0.15, 0.2) is 17.3 Å². The highest BCUT2D eigenvalue weighted by molar-refractivity contribution is 7.29. The molecule has 1 heterocycles. The first-order chi connectivity index (χ1) is 9.97. The quantitative estimate of drug-likeness (QED) is 0.502. The first kappa shape index (κ1) is 15.8. The van der Waals surface area contributed by atoms with Crippen molar-refractivity contribution in [3.63, 3.8) is 0 Å². The molecule has 0 spiro atoms. The van der Waals surface area contributed by atoms with Gasteiger partial charge in [-0.3, -0.25) is 4.79 Å². The maximum atomic E-state index is 12.1. The Morgan fingerprint density at radius 3 is 2.62 bits per heavy atom. The van der Waals surface area contributed by atoms with Crippen molar-refractivity contribution in [1.82, 2.24) is 0 Å². The highest BCUT2D eigenvalue weighted by Crippen LogP contribution is 2.36. The zero-order valence-electron chi connectivity index (χ0n) is 11.9. The number of benzene rings is 1. The second-order valence-corrected chi connectivity index (χ2v) is 6.20. The van der Waals surface area contributed by atoms with Crippen molar-refractivity contribution in [1.29, 1.82) is 0 Å². The van der Waals surface area contributed by atoms with E-state index < -0.39 is 0 Å². The van der Waals surface area contributed by atoms with E-state index in [0.29, 0.717) is 16.4 Å². The molecule has 0 aliphatic heterocycles. The van der Waals surface area contributed by atoms with Crippen molar-refractivity contribution >= 4 is 41.8 Å². The minimum absolute atomic E-state index is 0.00580. The van der Waals surface area contributed by atoms with Crippen LogP contribution >= 0.6 is 20.6 Å². The van der Waals surface area contributed by atoms with E-state index in [4.69, 9.17) is 14.6 Å². The van der Waals surface area contributed by atoms with Crippen LogP contribution in [0.25, 0.3) is 10.1 Å². The van der Waals surface area contributed by atoms with Crippen LogP contribution in [0.1, 0.15) is 22.5 Å². The fourth-order valence-corrected chi connectivity index (χ4v) is 3.72. The highest BCUT2D eigenvalue weighted by Gasteiger charge is 2.17. The molecule has 1 aromatic carbocycles. The van der Waals surface area contributed by atoms with Crippen molar-refractivity contribution in [2.24, 2.45) is 0 Å². The second-order valence-electron chi connectivity index (χ2n) is 4.54. The number of fused-ring (bicyclic) bond motifs is 1. The first-order valence-electron chi connectivity index (χ1n) is 6.31. The van der Waals surface area contributed by atoms with E-state index >= 15 is 0 Å². The maximum Gasteiger partial charge on any atom is 0.173 e. The van der Waals surface area contributed by atoms with Crippen LogP contribution in [0.5, 0.6) is 11.5 Å². The van der Waals surface area contributed by atoms with Gasteiger partial charge in [0, 0.05) is 34.3 Å². The lowest BCUT2D eigenvalue weighted by molar-refractivity contribution is 0.0982. The van der Waals surface area contributed by atoms with Crippen molar-refractivity contribution in [3.05, 3.63) is 29.3 Å². The molecule has 0 bridgehead atoms. The number of Topliss-reactive ketones (excluding diaryl/α,β-unsaturated/α-hetero) is 1. The van der Waals surface area contributed by atoms with Gasteiger partial charge in [0.25, 0.3) is 0 Å². The van der Waals surface area contributed by atoms with Crippen LogP contribution in [0.15, 0.2) is 24.5 Å². The molecule has 0 saturated carbocycles. The Kier molecular flexibility index (Phi) is 4.86. The van der Waals surface area contributed by atoms with Gasteiger partial charge in [0.1, 0.15) is 0 Å². The molecular formula is C15H17O4PS. The summed E-state index contributed by atoms with van der Waals surface area (Å²) in [5, 5.41) is 10.9. The molecule has 21 heavy (non-hydrogen) atoms. The normalized spacial score (nSPS) is 10.6. The Bertz CT molecular complexity index is 705. The number of carbonyl (C=O) groups excluding carboxylic acids is 1. The molecule has 2 aromatic rings. The maximum absolute atomic E-state index is 12.1. The number of aliphatic hydroxyl groups excluding tert-OH is 1. The summed E-state index contributed by atoms with van der Waals surface area (Å²) >= 11 is 1.41. The van der Waals surface area contributed by atoms with Crippen LogP contribution in [-0.2, 0) is 0 Å². The minimum Gasteiger partial charge on any atom is -0.513 e. The molecule has 6 heteroatoms. The molecule has 0 radical (unpaired) electrons. The number of allylic oxidation sites excluding steroid dienone is 1. The summed E-state index contributed by atoms with van der Waals surface area (Å²) in [4.78, 5) is 12.8. The van der Waals surface area contributed by atoms with Gasteiger partial charge >= 0.3 is 0 Å². The molecule has 2 rings (SSSR count). The summed E-state index contributed by atoms with van der Waals surface area (Å²) in [6.07, 6.45) is 0.538. The van der Waals surface area contributed by atoms with Crippen LogP contribution in [0.4, 0.5) is 0 Å². The fraction of sp³-hybridized carbons (Fsp3) is 0.267. The molecule has 0 fully saturated rings. The third kappa shape index (κ3) is 3.20. The fourth-order valence-electron chi connectivity index (χ4n) is 2.04. The average molecular weight is 324 g/mol. The Morgan fingerprint density at radius 2 is 2.05 bits per heavy atom. The van der Waals surface area contributed by atoms with E-state index in [-0.39, 0.29) is 24.4 Å². The van der Waals surface area contributed by atoms with Gasteiger partial charge in [0.05, 0.1) is 24.9 Å². The van der Waals surface area contributed by atoms with Crippen molar-refractivity contribution in [3.8, 4) is 11.5 Å². The monoisotopic (exact) mass is 324 g/mol. The average Bonchev–Trinajstić information content (AvgIpc) is 2.88. The Morgan fingerprint density at radius 1 is 1.33 bits per heavy atom. The summed E-state index contributed by atoms with van der Waals surface area (Å²) in [6, 6.07) is 3.72. The molecule has 0 amide bonds. The Hall–Kier alpha value is -1.58. The van der Waals surface area contributed by atoms with Gasteiger partial charge in [-0.25, -0.2) is 0 Å². The van der Waals surface area contributed by atoms with Crippen LogP contribution in [0.3, 0.4) is 0 Å². The van der Waals surface area contributed by atoms with E-state index in [9.17, 15) is 4.79 Å². The van der Waals surface area contributed by atoms with Gasteiger partial charge in [0.2, 0.25) is 0 Å². The zero-order chi connectivity index (χ0) is 15.6. The minimum atomic E-state index is -0.00580. The third-order valence-electron chi connectivity index (χ3n) is 3.12. The van der Waals surface area contributed by atoms with Crippen LogP contribution in [0, 0.1) is 0 Å². The molecule has 0 saturated heterocycles. The number of aliphatic hydroxyl groups is 1. The van der Waals surface area contributed by atoms with Crippen LogP contribution < -0.4 is 14.8 Å². The van der Waals surface area contributed by atoms with E-state index in [1.165, 1.54) is 11.3 Å². The van der Waals surface area contributed by atoms with E-state index in [1.54, 1.807) is 14.2 Å². The van der Waals surface area contributed by atoms with Crippen LogP contribution in [-0.4, -0.2) is 25.1 Å². The highest BCUT2D eigenvalue weighted by atomic mass is 32.1. The molecule has 4 nitrogen and oxygen atoms in total. The van der Waals surface area contributed by atoms with Crippen molar-refractivity contribution < 1.29 is 19.4 Å². The molecule has 0 aliphatic rings. The topological polar surface area (TPSA) is 55.8 Å². The van der Waals surface area contributed by atoms with Gasteiger partial charge < -0.3 is 14.6 Å². The largest absolute Gasteiger partial charge is 0.513 e. The molecule has 1 aromatic heterocycles. The summed E-state index contributed by atoms with van der Waals surface area (Å²) < 4.78 is 11.6. The van der Waals surface area contributed by atoms with Crippen molar-refractivity contribution in [2.75, 3.05) is 14.2 Å². The van der Waals surface area contributed by atoms with Crippen molar-refractivity contribution in [2.45, 2.75) is 12.8 Å².